The van der Waals surface area contributed by atoms with Crippen LogP contribution >= 0.6 is 0 Å². The molecular weight excluding hydrogens is 218 g/mol. The molecule has 0 aliphatic carbocycles. The average molecular weight is 237 g/mol. The van der Waals surface area contributed by atoms with Crippen molar-refractivity contribution in [3.8, 4) is 5.75 Å². The first-order valence-electron chi connectivity index (χ1n) is 5.77. The Morgan fingerprint density at radius 3 is 2.59 bits per heavy atom. The third-order valence-electron chi connectivity index (χ3n) is 2.43. The van der Waals surface area contributed by atoms with Gasteiger partial charge in [0.1, 0.15) is 11.8 Å². The molecule has 0 spiro atoms. The molecule has 0 aliphatic heterocycles. The van der Waals surface area contributed by atoms with Gasteiger partial charge in [0.25, 0.3) is 0 Å². The van der Waals surface area contributed by atoms with Crippen molar-refractivity contribution in [3.63, 3.8) is 0 Å². The van der Waals surface area contributed by atoms with Crippen LogP contribution < -0.4 is 10.1 Å². The lowest BCUT2D eigenvalue weighted by molar-refractivity contribution is -0.138. The van der Waals surface area contributed by atoms with Crippen molar-refractivity contribution in [2.45, 2.75) is 26.8 Å². The lowest BCUT2D eigenvalue weighted by Crippen LogP contribution is -2.34. The van der Waals surface area contributed by atoms with Crippen LogP contribution in [0.2, 0.25) is 0 Å². The van der Waals surface area contributed by atoms with Crippen molar-refractivity contribution in [2.75, 3.05) is 11.9 Å². The second-order valence-corrected chi connectivity index (χ2v) is 4.13. The number of anilines is 1. The highest BCUT2D eigenvalue weighted by Crippen LogP contribution is 2.25. The van der Waals surface area contributed by atoms with E-state index in [4.69, 9.17) is 9.84 Å². The molecule has 94 valence electrons. The Bertz CT molecular complexity index is 377. The second kappa shape index (κ2) is 6.13. The van der Waals surface area contributed by atoms with Gasteiger partial charge in [0, 0.05) is 0 Å². The van der Waals surface area contributed by atoms with E-state index in [0.717, 1.165) is 5.69 Å². The van der Waals surface area contributed by atoms with E-state index in [1.165, 1.54) is 0 Å². The fourth-order valence-electron chi connectivity index (χ4n) is 1.55. The summed E-state index contributed by atoms with van der Waals surface area (Å²) in [7, 11) is 0. The minimum Gasteiger partial charge on any atom is -0.492 e. The van der Waals surface area contributed by atoms with Crippen molar-refractivity contribution in [2.24, 2.45) is 5.92 Å². The first-order chi connectivity index (χ1) is 8.06. The highest BCUT2D eigenvalue weighted by molar-refractivity contribution is 5.78. The number of carboxylic acid groups (broad SMARTS) is 1. The van der Waals surface area contributed by atoms with Crippen LogP contribution in [0.3, 0.4) is 0 Å². The van der Waals surface area contributed by atoms with E-state index < -0.39 is 12.0 Å². The summed E-state index contributed by atoms with van der Waals surface area (Å²) in [5.74, 6) is -0.171. The summed E-state index contributed by atoms with van der Waals surface area (Å²) in [6.45, 7) is 6.19. The zero-order valence-corrected chi connectivity index (χ0v) is 10.4. The predicted molar refractivity (Wildman–Crippen MR) is 67.5 cm³/mol. The molecule has 1 rings (SSSR count). The number of hydrogen-bond acceptors (Lipinski definition) is 3. The van der Waals surface area contributed by atoms with E-state index in [1.54, 1.807) is 0 Å². The fraction of sp³-hybridized carbons (Fsp3) is 0.462. The summed E-state index contributed by atoms with van der Waals surface area (Å²) < 4.78 is 5.44. The summed E-state index contributed by atoms with van der Waals surface area (Å²) in [5, 5.41) is 12.1. The van der Waals surface area contributed by atoms with Crippen LogP contribution in [0.15, 0.2) is 24.3 Å². The van der Waals surface area contributed by atoms with Gasteiger partial charge in [-0.3, -0.25) is 0 Å². The van der Waals surface area contributed by atoms with E-state index in [9.17, 15) is 4.79 Å². The number of ether oxygens (including phenoxy) is 1. The molecule has 0 radical (unpaired) electrons. The van der Waals surface area contributed by atoms with Crippen LogP contribution in [0.5, 0.6) is 5.75 Å². The molecular formula is C13H19NO3. The van der Waals surface area contributed by atoms with Gasteiger partial charge in [0.2, 0.25) is 0 Å². The molecule has 0 bridgehead atoms. The van der Waals surface area contributed by atoms with Gasteiger partial charge in [-0.15, -0.1) is 0 Å². The molecule has 0 saturated heterocycles. The second-order valence-electron chi connectivity index (χ2n) is 4.13. The van der Waals surface area contributed by atoms with Crippen LogP contribution in [0.4, 0.5) is 5.69 Å². The summed E-state index contributed by atoms with van der Waals surface area (Å²) in [6, 6.07) is 6.75. The molecule has 1 unspecified atom stereocenters. The maximum atomic E-state index is 11.1. The van der Waals surface area contributed by atoms with Gasteiger partial charge in [-0.2, -0.15) is 0 Å². The minimum atomic E-state index is -0.855. The van der Waals surface area contributed by atoms with Gasteiger partial charge in [-0.25, -0.2) is 4.79 Å². The molecule has 1 aromatic carbocycles. The standard InChI is InChI=1S/C13H19NO3/c1-4-17-11-8-6-5-7-10(11)14-12(9(2)3)13(15)16/h5-9,12,14H,4H2,1-3H3,(H,15,16). The number of carbonyl (C=O) groups is 1. The van der Waals surface area contributed by atoms with Gasteiger partial charge in [-0.1, -0.05) is 26.0 Å². The van der Waals surface area contributed by atoms with Crippen LogP contribution in [-0.4, -0.2) is 23.7 Å². The molecule has 17 heavy (non-hydrogen) atoms. The quantitative estimate of drug-likeness (QED) is 0.798. The number of carboxylic acids is 1. The molecule has 0 saturated carbocycles. The number of aliphatic carboxylic acids is 1. The van der Waals surface area contributed by atoms with E-state index in [1.807, 2.05) is 45.0 Å². The third-order valence-corrected chi connectivity index (χ3v) is 2.43. The van der Waals surface area contributed by atoms with Crippen LogP contribution in [0, 0.1) is 5.92 Å². The van der Waals surface area contributed by atoms with Crippen molar-refractivity contribution < 1.29 is 14.6 Å². The molecule has 0 fully saturated rings. The molecule has 1 aromatic rings. The molecule has 4 nitrogen and oxygen atoms in total. The monoisotopic (exact) mass is 237 g/mol. The van der Waals surface area contributed by atoms with Crippen LogP contribution in [0.25, 0.3) is 0 Å². The van der Waals surface area contributed by atoms with Gasteiger partial charge in [-0.05, 0) is 25.0 Å². The van der Waals surface area contributed by atoms with Crippen molar-refractivity contribution >= 4 is 11.7 Å². The van der Waals surface area contributed by atoms with Crippen molar-refractivity contribution in [1.82, 2.24) is 0 Å². The summed E-state index contributed by atoms with van der Waals surface area (Å²) >= 11 is 0. The Labute approximate surface area is 102 Å². The number of rotatable bonds is 6. The largest absolute Gasteiger partial charge is 0.492 e. The van der Waals surface area contributed by atoms with E-state index >= 15 is 0 Å². The Morgan fingerprint density at radius 2 is 2.06 bits per heavy atom. The maximum Gasteiger partial charge on any atom is 0.326 e. The average Bonchev–Trinajstić information content (AvgIpc) is 2.27. The summed E-state index contributed by atoms with van der Waals surface area (Å²) in [6.07, 6.45) is 0. The van der Waals surface area contributed by atoms with Crippen LogP contribution in [0.1, 0.15) is 20.8 Å². The van der Waals surface area contributed by atoms with Crippen LogP contribution in [-0.2, 0) is 4.79 Å². The topological polar surface area (TPSA) is 58.6 Å². The van der Waals surface area contributed by atoms with Gasteiger partial charge in [0.05, 0.1) is 12.3 Å². The smallest absolute Gasteiger partial charge is 0.326 e. The first kappa shape index (κ1) is 13.4. The van der Waals surface area contributed by atoms with Gasteiger partial charge < -0.3 is 15.2 Å². The van der Waals surface area contributed by atoms with E-state index in [-0.39, 0.29) is 5.92 Å². The summed E-state index contributed by atoms with van der Waals surface area (Å²) in [5.41, 5.74) is 0.718. The van der Waals surface area contributed by atoms with Crippen molar-refractivity contribution in [1.29, 1.82) is 0 Å². The number of para-hydroxylation sites is 2. The molecule has 0 amide bonds. The lowest BCUT2D eigenvalue weighted by atomic mass is 10.0. The highest BCUT2D eigenvalue weighted by atomic mass is 16.5. The fourth-order valence-corrected chi connectivity index (χ4v) is 1.55. The Morgan fingerprint density at radius 1 is 1.41 bits per heavy atom. The molecule has 1 atom stereocenters. The molecule has 2 N–H and O–H groups in total. The molecule has 4 heteroatoms. The number of benzene rings is 1. The molecule has 0 heterocycles. The molecule has 0 aliphatic rings. The number of hydrogen-bond donors (Lipinski definition) is 2. The maximum absolute atomic E-state index is 11.1. The molecule has 0 aromatic heterocycles. The first-order valence-corrected chi connectivity index (χ1v) is 5.77. The number of nitrogens with one attached hydrogen (secondary N) is 1. The zero-order valence-electron chi connectivity index (χ0n) is 10.4. The summed E-state index contributed by atoms with van der Waals surface area (Å²) in [4.78, 5) is 11.1. The Kier molecular flexibility index (Phi) is 4.82. The van der Waals surface area contributed by atoms with Crippen molar-refractivity contribution in [3.05, 3.63) is 24.3 Å². The Hall–Kier alpha value is -1.71. The zero-order chi connectivity index (χ0) is 12.8. The SMILES string of the molecule is CCOc1ccccc1NC(C(=O)O)C(C)C. The predicted octanol–water partition coefficient (Wildman–Crippen LogP) is 2.61. The normalized spacial score (nSPS) is 12.2. The minimum absolute atomic E-state index is 0.00202. The van der Waals surface area contributed by atoms with E-state index in [0.29, 0.717) is 12.4 Å². The highest BCUT2D eigenvalue weighted by Gasteiger charge is 2.22. The van der Waals surface area contributed by atoms with Gasteiger partial charge in [0.15, 0.2) is 0 Å². The van der Waals surface area contributed by atoms with Gasteiger partial charge >= 0.3 is 5.97 Å². The Balaban J connectivity index is 2.88. The van der Waals surface area contributed by atoms with E-state index in [2.05, 4.69) is 5.32 Å². The third kappa shape index (κ3) is 3.66. The lowest BCUT2D eigenvalue weighted by Gasteiger charge is -2.20.